The maximum atomic E-state index is 9.45. The van der Waals surface area contributed by atoms with E-state index in [1.54, 1.807) is 12.1 Å². The van der Waals surface area contributed by atoms with Crippen molar-refractivity contribution in [2.75, 3.05) is 13.1 Å². The number of fused-ring (bicyclic) bond motifs is 1. The first-order chi connectivity index (χ1) is 7.22. The molecule has 15 heavy (non-hydrogen) atoms. The Labute approximate surface area is 88.7 Å². The van der Waals surface area contributed by atoms with E-state index in [9.17, 15) is 10.2 Å². The van der Waals surface area contributed by atoms with Gasteiger partial charge in [-0.2, -0.15) is 0 Å². The summed E-state index contributed by atoms with van der Waals surface area (Å²) in [6, 6.07) is 3.48. The highest BCUT2D eigenvalue weighted by atomic mass is 16.3. The zero-order chi connectivity index (χ0) is 10.8. The van der Waals surface area contributed by atoms with Crippen LogP contribution in [0, 0.1) is 0 Å². The molecule has 82 valence electrons. The molecule has 1 heterocycles. The van der Waals surface area contributed by atoms with Gasteiger partial charge < -0.3 is 21.3 Å². The van der Waals surface area contributed by atoms with Crippen LogP contribution in [-0.2, 0) is 6.42 Å². The van der Waals surface area contributed by atoms with Crippen LogP contribution in [0.3, 0.4) is 0 Å². The van der Waals surface area contributed by atoms with Gasteiger partial charge in [-0.05, 0) is 49.2 Å². The molecule has 1 aliphatic rings. The smallest absolute Gasteiger partial charge is 0.157 e. The SMILES string of the molecule is NCCC1NCCc2cc(O)c(O)cc21. The van der Waals surface area contributed by atoms with Crippen LogP contribution >= 0.6 is 0 Å². The fourth-order valence-electron chi connectivity index (χ4n) is 2.09. The van der Waals surface area contributed by atoms with Gasteiger partial charge in [0.2, 0.25) is 0 Å². The second-order valence-electron chi connectivity index (χ2n) is 3.87. The number of nitrogens with two attached hydrogens (primary N) is 1. The van der Waals surface area contributed by atoms with Gasteiger partial charge in [-0.3, -0.25) is 0 Å². The second-order valence-corrected chi connectivity index (χ2v) is 3.87. The first-order valence-electron chi connectivity index (χ1n) is 5.20. The van der Waals surface area contributed by atoms with Crippen LogP contribution in [0.4, 0.5) is 0 Å². The van der Waals surface area contributed by atoms with E-state index in [2.05, 4.69) is 5.32 Å². The molecule has 1 aliphatic heterocycles. The molecule has 0 amide bonds. The van der Waals surface area contributed by atoms with E-state index in [1.165, 1.54) is 0 Å². The standard InChI is InChI=1S/C11H16N2O2/c12-3-1-9-8-6-11(15)10(14)5-7(8)2-4-13-9/h5-6,9,13-15H,1-4,12H2. The van der Waals surface area contributed by atoms with Gasteiger partial charge >= 0.3 is 0 Å². The Bertz CT molecular complexity index is 366. The Morgan fingerprint density at radius 2 is 2.07 bits per heavy atom. The molecular weight excluding hydrogens is 192 g/mol. The van der Waals surface area contributed by atoms with Crippen molar-refractivity contribution in [1.82, 2.24) is 5.32 Å². The monoisotopic (exact) mass is 208 g/mol. The summed E-state index contributed by atoms with van der Waals surface area (Å²) < 4.78 is 0. The number of rotatable bonds is 2. The van der Waals surface area contributed by atoms with Crippen LogP contribution in [0.1, 0.15) is 23.6 Å². The first kappa shape index (κ1) is 10.3. The zero-order valence-corrected chi connectivity index (χ0v) is 8.53. The number of hydrogen-bond donors (Lipinski definition) is 4. The van der Waals surface area contributed by atoms with E-state index >= 15 is 0 Å². The largest absolute Gasteiger partial charge is 0.504 e. The molecule has 4 heteroatoms. The van der Waals surface area contributed by atoms with Crippen LogP contribution in [-0.4, -0.2) is 23.3 Å². The normalized spacial score (nSPS) is 19.9. The topological polar surface area (TPSA) is 78.5 Å². The highest BCUT2D eigenvalue weighted by molar-refractivity contribution is 5.47. The Hall–Kier alpha value is -1.26. The molecule has 1 atom stereocenters. The number of hydrogen-bond acceptors (Lipinski definition) is 4. The number of nitrogens with one attached hydrogen (secondary N) is 1. The summed E-state index contributed by atoms with van der Waals surface area (Å²) in [6.07, 6.45) is 1.72. The molecule has 0 saturated heterocycles. The third kappa shape index (κ3) is 1.91. The van der Waals surface area contributed by atoms with Crippen LogP contribution in [0.5, 0.6) is 11.5 Å². The molecule has 0 aromatic heterocycles. The van der Waals surface area contributed by atoms with E-state index in [-0.39, 0.29) is 17.5 Å². The summed E-state index contributed by atoms with van der Waals surface area (Å²) in [5.41, 5.74) is 7.69. The van der Waals surface area contributed by atoms with Gasteiger partial charge in [0.25, 0.3) is 0 Å². The molecule has 1 unspecified atom stereocenters. The lowest BCUT2D eigenvalue weighted by molar-refractivity contribution is 0.397. The molecule has 0 spiro atoms. The molecule has 4 nitrogen and oxygen atoms in total. The van der Waals surface area contributed by atoms with Gasteiger partial charge in [0.15, 0.2) is 11.5 Å². The molecule has 5 N–H and O–H groups in total. The number of phenols is 2. The van der Waals surface area contributed by atoms with Gasteiger partial charge in [0.05, 0.1) is 0 Å². The Kier molecular flexibility index (Phi) is 2.79. The predicted octanol–water partition coefficient (Wildman–Crippen LogP) is 0.633. The second kappa shape index (κ2) is 4.08. The molecular formula is C11H16N2O2. The summed E-state index contributed by atoms with van der Waals surface area (Å²) in [6.45, 7) is 1.50. The molecule has 0 bridgehead atoms. The zero-order valence-electron chi connectivity index (χ0n) is 8.53. The lowest BCUT2D eigenvalue weighted by Gasteiger charge is -2.27. The average Bonchev–Trinajstić information content (AvgIpc) is 2.21. The number of phenolic OH excluding ortho intramolecular Hbond substituents is 2. The fourth-order valence-corrected chi connectivity index (χ4v) is 2.09. The summed E-state index contributed by atoms with van der Waals surface area (Å²) in [4.78, 5) is 0. The van der Waals surface area contributed by atoms with E-state index < -0.39 is 0 Å². The maximum absolute atomic E-state index is 9.45. The fraction of sp³-hybridized carbons (Fsp3) is 0.455. The van der Waals surface area contributed by atoms with Crippen molar-refractivity contribution in [1.29, 1.82) is 0 Å². The minimum Gasteiger partial charge on any atom is -0.504 e. The Morgan fingerprint density at radius 3 is 2.80 bits per heavy atom. The van der Waals surface area contributed by atoms with Gasteiger partial charge in [0, 0.05) is 6.04 Å². The molecule has 0 radical (unpaired) electrons. The lowest BCUT2D eigenvalue weighted by atomic mass is 9.92. The summed E-state index contributed by atoms with van der Waals surface area (Å²) in [7, 11) is 0. The van der Waals surface area contributed by atoms with Crippen molar-refractivity contribution in [2.24, 2.45) is 5.73 Å². The molecule has 0 saturated carbocycles. The summed E-state index contributed by atoms with van der Waals surface area (Å²) in [5, 5.41) is 22.2. The van der Waals surface area contributed by atoms with Crippen LogP contribution < -0.4 is 11.1 Å². The predicted molar refractivity (Wildman–Crippen MR) is 57.9 cm³/mol. The Balaban J connectivity index is 2.38. The van der Waals surface area contributed by atoms with Gasteiger partial charge in [-0.25, -0.2) is 0 Å². The third-order valence-electron chi connectivity index (χ3n) is 2.85. The van der Waals surface area contributed by atoms with Crippen molar-refractivity contribution in [3.05, 3.63) is 23.3 Å². The van der Waals surface area contributed by atoms with Crippen molar-refractivity contribution in [2.45, 2.75) is 18.9 Å². The van der Waals surface area contributed by atoms with Crippen molar-refractivity contribution in [3.63, 3.8) is 0 Å². The molecule has 0 aliphatic carbocycles. The highest BCUT2D eigenvalue weighted by Gasteiger charge is 2.20. The maximum Gasteiger partial charge on any atom is 0.157 e. The molecule has 2 rings (SSSR count). The van der Waals surface area contributed by atoms with Crippen LogP contribution in [0.15, 0.2) is 12.1 Å². The highest BCUT2D eigenvalue weighted by Crippen LogP contribution is 2.34. The molecule has 0 fully saturated rings. The van der Waals surface area contributed by atoms with E-state index in [4.69, 9.17) is 5.73 Å². The summed E-state index contributed by atoms with van der Waals surface area (Å²) in [5.74, 6) is -0.0957. The van der Waals surface area contributed by atoms with Gasteiger partial charge in [-0.1, -0.05) is 0 Å². The minimum atomic E-state index is -0.0560. The van der Waals surface area contributed by atoms with Crippen molar-refractivity contribution < 1.29 is 10.2 Å². The van der Waals surface area contributed by atoms with E-state index in [0.717, 1.165) is 30.5 Å². The average molecular weight is 208 g/mol. The van der Waals surface area contributed by atoms with Gasteiger partial charge in [0.1, 0.15) is 0 Å². The van der Waals surface area contributed by atoms with Crippen molar-refractivity contribution >= 4 is 0 Å². The van der Waals surface area contributed by atoms with Crippen LogP contribution in [0.2, 0.25) is 0 Å². The van der Waals surface area contributed by atoms with Crippen molar-refractivity contribution in [3.8, 4) is 11.5 Å². The first-order valence-corrected chi connectivity index (χ1v) is 5.20. The van der Waals surface area contributed by atoms with Gasteiger partial charge in [-0.15, -0.1) is 0 Å². The Morgan fingerprint density at radius 1 is 1.33 bits per heavy atom. The van der Waals surface area contributed by atoms with E-state index in [1.807, 2.05) is 0 Å². The molecule has 1 aromatic carbocycles. The molecule has 1 aromatic rings. The number of benzene rings is 1. The summed E-state index contributed by atoms with van der Waals surface area (Å²) >= 11 is 0. The van der Waals surface area contributed by atoms with E-state index in [0.29, 0.717) is 6.54 Å². The lowest BCUT2D eigenvalue weighted by Crippen LogP contribution is -2.31. The number of aromatic hydroxyl groups is 2. The van der Waals surface area contributed by atoms with Crippen LogP contribution in [0.25, 0.3) is 0 Å². The third-order valence-corrected chi connectivity index (χ3v) is 2.85. The minimum absolute atomic E-state index is 0.0397. The quantitative estimate of drug-likeness (QED) is 0.538.